The number of benzene rings is 2. The zero-order chi connectivity index (χ0) is 20.2. The average molecular weight is 413 g/mol. The van der Waals surface area contributed by atoms with Crippen LogP contribution in [-0.4, -0.2) is 53.4 Å². The largest absolute Gasteiger partial charge is 0.325 e. The summed E-state index contributed by atoms with van der Waals surface area (Å²) in [5, 5.41) is 4.37. The first-order valence-electron chi connectivity index (χ1n) is 9.61. The lowest BCUT2D eigenvalue weighted by Gasteiger charge is -2.34. The smallest absolute Gasteiger partial charge is 0.238 e. The number of nitrogens with zero attached hydrogens (tertiary/aromatic N) is 3. The molecular formula is C22H22ClFN4O. The van der Waals surface area contributed by atoms with E-state index < -0.39 is 0 Å². The van der Waals surface area contributed by atoms with Crippen LogP contribution in [0, 0.1) is 5.82 Å². The second kappa shape index (κ2) is 8.86. The number of carbonyl (C=O) groups excluding carboxylic acids is 1. The van der Waals surface area contributed by atoms with Crippen LogP contribution in [0.4, 0.5) is 10.1 Å². The lowest BCUT2D eigenvalue weighted by Crippen LogP contribution is -2.48. The van der Waals surface area contributed by atoms with Crippen LogP contribution in [0.25, 0.3) is 10.9 Å². The summed E-state index contributed by atoms with van der Waals surface area (Å²) in [5.74, 6) is -0.496. The van der Waals surface area contributed by atoms with Gasteiger partial charge in [-0.05, 0) is 30.3 Å². The van der Waals surface area contributed by atoms with Crippen LogP contribution in [0.15, 0.2) is 54.6 Å². The molecule has 2 aromatic carbocycles. The molecule has 0 bridgehead atoms. The lowest BCUT2D eigenvalue weighted by molar-refractivity contribution is -0.117. The van der Waals surface area contributed by atoms with Crippen molar-refractivity contribution in [1.29, 1.82) is 0 Å². The Morgan fingerprint density at radius 1 is 1.03 bits per heavy atom. The predicted molar refractivity (Wildman–Crippen MR) is 113 cm³/mol. The van der Waals surface area contributed by atoms with Gasteiger partial charge in [-0.2, -0.15) is 0 Å². The summed E-state index contributed by atoms with van der Waals surface area (Å²) in [6, 6.07) is 16.0. The molecule has 29 heavy (non-hydrogen) atoms. The molecule has 0 spiro atoms. The average Bonchev–Trinajstić information content (AvgIpc) is 2.70. The monoisotopic (exact) mass is 412 g/mol. The van der Waals surface area contributed by atoms with E-state index in [1.165, 1.54) is 12.1 Å². The summed E-state index contributed by atoms with van der Waals surface area (Å²) in [5.41, 5.74) is 2.39. The number of carbonyl (C=O) groups is 1. The molecule has 1 N–H and O–H groups in total. The molecule has 1 aliphatic heterocycles. The summed E-state index contributed by atoms with van der Waals surface area (Å²) in [6.07, 6.45) is 0. The summed E-state index contributed by atoms with van der Waals surface area (Å²) in [4.78, 5) is 21.1. The van der Waals surface area contributed by atoms with Crippen LogP contribution >= 0.6 is 11.6 Å². The first kappa shape index (κ1) is 19.8. The number of fused-ring (bicyclic) bond motifs is 1. The van der Waals surface area contributed by atoms with Crippen LogP contribution in [0.1, 0.15) is 5.56 Å². The minimum atomic E-state index is -0.363. The number of rotatable bonds is 5. The van der Waals surface area contributed by atoms with E-state index in [4.69, 9.17) is 11.6 Å². The fourth-order valence-electron chi connectivity index (χ4n) is 3.56. The molecule has 7 heteroatoms. The Kier molecular flexibility index (Phi) is 6.04. The second-order valence-electron chi connectivity index (χ2n) is 7.24. The SMILES string of the molecule is O=C(CN1CCN(Cc2cc3ccccc3nc2Cl)CC1)Nc1cccc(F)c1. The normalized spacial score (nSPS) is 15.5. The molecule has 0 aliphatic carbocycles. The van der Waals surface area contributed by atoms with Gasteiger partial charge in [0, 0.05) is 49.4 Å². The molecule has 1 aliphatic rings. The molecular weight excluding hydrogens is 391 g/mol. The number of piperazine rings is 1. The topological polar surface area (TPSA) is 48.5 Å². The Balaban J connectivity index is 1.29. The maximum absolute atomic E-state index is 13.2. The predicted octanol–water partition coefficient (Wildman–Crippen LogP) is 3.78. The third-order valence-electron chi connectivity index (χ3n) is 5.08. The first-order chi connectivity index (χ1) is 14.1. The highest BCUT2D eigenvalue weighted by Crippen LogP contribution is 2.22. The van der Waals surface area contributed by atoms with Crippen LogP contribution in [0.5, 0.6) is 0 Å². The summed E-state index contributed by atoms with van der Waals surface area (Å²) >= 11 is 6.38. The standard InChI is InChI=1S/C22H22ClFN4O/c23-22-17(12-16-4-1-2-7-20(16)26-22)14-27-8-10-28(11-9-27)15-21(29)25-19-6-3-5-18(24)13-19/h1-7,12-13H,8-11,14-15H2,(H,25,29). The number of anilines is 1. The van der Waals surface area contributed by atoms with E-state index in [1.54, 1.807) is 12.1 Å². The summed E-state index contributed by atoms with van der Waals surface area (Å²) < 4.78 is 13.2. The van der Waals surface area contributed by atoms with Gasteiger partial charge in [0.25, 0.3) is 0 Å². The van der Waals surface area contributed by atoms with Gasteiger partial charge in [-0.25, -0.2) is 9.37 Å². The third-order valence-corrected chi connectivity index (χ3v) is 5.41. The minimum absolute atomic E-state index is 0.133. The van der Waals surface area contributed by atoms with Crippen molar-refractivity contribution in [3.63, 3.8) is 0 Å². The quantitative estimate of drug-likeness (QED) is 0.648. The highest BCUT2D eigenvalue weighted by Gasteiger charge is 2.20. The van der Waals surface area contributed by atoms with Crippen LogP contribution < -0.4 is 5.32 Å². The zero-order valence-electron chi connectivity index (χ0n) is 15.9. The van der Waals surface area contributed by atoms with E-state index in [0.717, 1.165) is 49.2 Å². The Bertz CT molecular complexity index is 1020. The van der Waals surface area contributed by atoms with E-state index in [1.807, 2.05) is 24.3 Å². The molecule has 0 saturated carbocycles. The second-order valence-corrected chi connectivity index (χ2v) is 7.60. The van der Waals surface area contributed by atoms with E-state index >= 15 is 0 Å². The third kappa shape index (κ3) is 5.09. The Labute approximate surface area is 174 Å². The maximum Gasteiger partial charge on any atom is 0.238 e. The van der Waals surface area contributed by atoms with Crippen LogP contribution in [-0.2, 0) is 11.3 Å². The Morgan fingerprint density at radius 2 is 1.79 bits per heavy atom. The van der Waals surface area contributed by atoms with Gasteiger partial charge in [0.15, 0.2) is 0 Å². The van der Waals surface area contributed by atoms with Crippen molar-refractivity contribution >= 4 is 34.1 Å². The number of pyridine rings is 1. The number of halogens is 2. The molecule has 2 heterocycles. The molecule has 1 amide bonds. The highest BCUT2D eigenvalue weighted by atomic mass is 35.5. The molecule has 1 fully saturated rings. The molecule has 4 rings (SSSR count). The molecule has 1 aromatic heterocycles. The van der Waals surface area contributed by atoms with Crippen LogP contribution in [0.3, 0.4) is 0 Å². The van der Waals surface area contributed by atoms with Gasteiger partial charge in [0.2, 0.25) is 5.91 Å². The molecule has 150 valence electrons. The Hall–Kier alpha value is -2.54. The van der Waals surface area contributed by atoms with Crippen molar-refractivity contribution in [1.82, 2.24) is 14.8 Å². The summed E-state index contributed by atoms with van der Waals surface area (Å²) in [6.45, 7) is 4.29. The molecule has 0 unspecified atom stereocenters. The van der Waals surface area contributed by atoms with Gasteiger partial charge in [0.1, 0.15) is 11.0 Å². The highest BCUT2D eigenvalue weighted by molar-refractivity contribution is 6.30. The van der Waals surface area contributed by atoms with E-state index in [0.29, 0.717) is 17.4 Å². The van der Waals surface area contributed by atoms with E-state index in [-0.39, 0.29) is 11.7 Å². The van der Waals surface area contributed by atoms with E-state index in [2.05, 4.69) is 26.2 Å². The maximum atomic E-state index is 13.2. The molecule has 5 nitrogen and oxygen atoms in total. The fourth-order valence-corrected chi connectivity index (χ4v) is 3.77. The van der Waals surface area contributed by atoms with Crippen molar-refractivity contribution in [2.24, 2.45) is 0 Å². The van der Waals surface area contributed by atoms with Crippen molar-refractivity contribution in [3.8, 4) is 0 Å². The van der Waals surface area contributed by atoms with Crippen molar-refractivity contribution in [2.75, 3.05) is 38.0 Å². The van der Waals surface area contributed by atoms with E-state index in [9.17, 15) is 9.18 Å². The van der Waals surface area contributed by atoms with Gasteiger partial charge >= 0.3 is 0 Å². The molecule has 3 aromatic rings. The lowest BCUT2D eigenvalue weighted by atomic mass is 10.1. The van der Waals surface area contributed by atoms with Gasteiger partial charge in [-0.3, -0.25) is 14.6 Å². The summed E-state index contributed by atoms with van der Waals surface area (Å²) in [7, 11) is 0. The number of nitrogens with one attached hydrogen (secondary N) is 1. The zero-order valence-corrected chi connectivity index (χ0v) is 16.7. The number of para-hydroxylation sites is 1. The van der Waals surface area contributed by atoms with Crippen LogP contribution in [0.2, 0.25) is 5.15 Å². The molecule has 1 saturated heterocycles. The Morgan fingerprint density at radius 3 is 2.59 bits per heavy atom. The molecule has 0 atom stereocenters. The van der Waals surface area contributed by atoms with Crippen molar-refractivity contribution < 1.29 is 9.18 Å². The molecule has 0 radical (unpaired) electrons. The first-order valence-corrected chi connectivity index (χ1v) is 9.99. The van der Waals surface area contributed by atoms with Crippen molar-refractivity contribution in [3.05, 3.63) is 71.1 Å². The van der Waals surface area contributed by atoms with Gasteiger partial charge < -0.3 is 5.32 Å². The number of aromatic nitrogens is 1. The number of amides is 1. The fraction of sp³-hybridized carbons (Fsp3) is 0.273. The number of hydrogen-bond donors (Lipinski definition) is 1. The van der Waals surface area contributed by atoms with Gasteiger partial charge in [-0.1, -0.05) is 35.9 Å². The van der Waals surface area contributed by atoms with Crippen molar-refractivity contribution in [2.45, 2.75) is 6.54 Å². The number of hydrogen-bond acceptors (Lipinski definition) is 4. The van der Waals surface area contributed by atoms with Gasteiger partial charge in [0.05, 0.1) is 12.1 Å². The van der Waals surface area contributed by atoms with Gasteiger partial charge in [-0.15, -0.1) is 0 Å². The minimum Gasteiger partial charge on any atom is -0.325 e.